The molecule has 1 rings (SSSR count). The number of hydrogen-bond acceptors (Lipinski definition) is 3. The van der Waals surface area contributed by atoms with Gasteiger partial charge in [0.25, 0.3) is 6.43 Å². The number of carbonyl (C=O) groups is 1. The third-order valence-electron chi connectivity index (χ3n) is 2.63. The third kappa shape index (κ3) is 7.16. The highest BCUT2D eigenvalue weighted by Gasteiger charge is 2.12. The maximum atomic E-state index is 11.8. The molecule has 1 aromatic rings. The molecule has 1 atom stereocenters. The highest BCUT2D eigenvalue weighted by molar-refractivity contribution is 5.76. The molecule has 112 valence electrons. The first-order valence-electron chi connectivity index (χ1n) is 6.42. The quantitative estimate of drug-likeness (QED) is 0.675. The SMILES string of the molecule is O=C(CCOCC(F)F)N[C@H](CO)Cc1ccccc1. The van der Waals surface area contributed by atoms with Gasteiger partial charge in [-0.05, 0) is 12.0 Å². The summed E-state index contributed by atoms with van der Waals surface area (Å²) in [7, 11) is 0. The minimum absolute atomic E-state index is 0.00197. The van der Waals surface area contributed by atoms with Crippen molar-refractivity contribution in [1.29, 1.82) is 0 Å². The molecule has 0 fully saturated rings. The highest BCUT2D eigenvalue weighted by Crippen LogP contribution is 2.03. The van der Waals surface area contributed by atoms with Crippen molar-refractivity contribution in [2.24, 2.45) is 0 Å². The van der Waals surface area contributed by atoms with E-state index in [1.165, 1.54) is 0 Å². The van der Waals surface area contributed by atoms with Crippen LogP contribution in [0.5, 0.6) is 0 Å². The normalized spacial score (nSPS) is 12.4. The van der Waals surface area contributed by atoms with Gasteiger partial charge in [0.15, 0.2) is 0 Å². The van der Waals surface area contributed by atoms with Gasteiger partial charge in [-0.3, -0.25) is 4.79 Å². The molecule has 0 aliphatic carbocycles. The fraction of sp³-hybridized carbons (Fsp3) is 0.500. The van der Waals surface area contributed by atoms with E-state index < -0.39 is 13.0 Å². The summed E-state index contributed by atoms with van der Waals surface area (Å²) in [5.74, 6) is -0.325. The van der Waals surface area contributed by atoms with Crippen LogP contribution in [-0.4, -0.2) is 43.3 Å². The minimum atomic E-state index is -2.53. The number of aliphatic hydroxyl groups is 1. The zero-order chi connectivity index (χ0) is 14.8. The molecule has 20 heavy (non-hydrogen) atoms. The number of aliphatic hydroxyl groups excluding tert-OH is 1. The zero-order valence-electron chi connectivity index (χ0n) is 11.1. The monoisotopic (exact) mass is 287 g/mol. The van der Waals surface area contributed by atoms with Gasteiger partial charge in [0.1, 0.15) is 6.61 Å². The van der Waals surface area contributed by atoms with Gasteiger partial charge < -0.3 is 15.2 Å². The number of benzene rings is 1. The molecule has 0 saturated carbocycles. The van der Waals surface area contributed by atoms with Crippen LogP contribution in [0.25, 0.3) is 0 Å². The molecule has 6 heteroatoms. The number of ether oxygens (including phenoxy) is 1. The van der Waals surface area contributed by atoms with E-state index in [0.29, 0.717) is 6.42 Å². The average Bonchev–Trinajstić information content (AvgIpc) is 2.44. The van der Waals surface area contributed by atoms with Crippen molar-refractivity contribution in [3.63, 3.8) is 0 Å². The molecule has 0 aliphatic rings. The van der Waals surface area contributed by atoms with Crippen molar-refractivity contribution in [2.45, 2.75) is 25.3 Å². The van der Waals surface area contributed by atoms with Gasteiger partial charge in [0, 0.05) is 6.42 Å². The lowest BCUT2D eigenvalue weighted by Gasteiger charge is -2.16. The molecule has 1 amide bonds. The van der Waals surface area contributed by atoms with Crippen LogP contribution < -0.4 is 5.32 Å². The van der Waals surface area contributed by atoms with Gasteiger partial charge in [-0.15, -0.1) is 0 Å². The number of amides is 1. The van der Waals surface area contributed by atoms with Crippen LogP contribution in [0.4, 0.5) is 8.78 Å². The van der Waals surface area contributed by atoms with Gasteiger partial charge in [0.05, 0.1) is 19.3 Å². The second-order valence-corrected chi connectivity index (χ2v) is 4.35. The Labute approximate surface area is 116 Å². The molecule has 0 aromatic heterocycles. The number of halogens is 2. The van der Waals surface area contributed by atoms with Crippen molar-refractivity contribution in [3.05, 3.63) is 35.9 Å². The summed E-state index contributed by atoms with van der Waals surface area (Å²) in [5, 5.41) is 11.9. The lowest BCUT2D eigenvalue weighted by Crippen LogP contribution is -2.39. The van der Waals surface area contributed by atoms with Crippen molar-refractivity contribution in [3.8, 4) is 0 Å². The molecule has 0 heterocycles. The summed E-state index contributed by atoms with van der Waals surface area (Å²) >= 11 is 0. The van der Waals surface area contributed by atoms with Crippen LogP contribution in [-0.2, 0) is 16.0 Å². The number of alkyl halides is 2. The number of nitrogens with one attached hydrogen (secondary N) is 1. The van der Waals surface area contributed by atoms with Crippen molar-refractivity contribution >= 4 is 5.91 Å². The van der Waals surface area contributed by atoms with Gasteiger partial charge in [-0.2, -0.15) is 0 Å². The number of hydrogen-bond donors (Lipinski definition) is 2. The largest absolute Gasteiger partial charge is 0.394 e. The average molecular weight is 287 g/mol. The van der Waals surface area contributed by atoms with E-state index in [4.69, 9.17) is 0 Å². The molecule has 4 nitrogen and oxygen atoms in total. The predicted molar refractivity (Wildman–Crippen MR) is 70.6 cm³/mol. The Hall–Kier alpha value is -1.53. The van der Waals surface area contributed by atoms with Crippen LogP contribution in [0.3, 0.4) is 0 Å². The smallest absolute Gasteiger partial charge is 0.261 e. The molecule has 0 bridgehead atoms. The third-order valence-corrected chi connectivity index (χ3v) is 2.63. The van der Waals surface area contributed by atoms with Gasteiger partial charge in [-0.25, -0.2) is 8.78 Å². The summed E-state index contributed by atoms with van der Waals surface area (Å²) in [6, 6.07) is 9.06. The van der Waals surface area contributed by atoms with Crippen LogP contribution in [0.1, 0.15) is 12.0 Å². The molecule has 0 radical (unpaired) electrons. The topological polar surface area (TPSA) is 58.6 Å². The van der Waals surface area contributed by atoms with Crippen LogP contribution in [0.2, 0.25) is 0 Å². The first-order chi connectivity index (χ1) is 9.61. The second-order valence-electron chi connectivity index (χ2n) is 4.35. The summed E-state index contributed by atoms with van der Waals surface area (Å²) in [5.41, 5.74) is 1.00. The van der Waals surface area contributed by atoms with Crippen LogP contribution >= 0.6 is 0 Å². The summed E-state index contributed by atoms with van der Waals surface area (Å²) in [6.07, 6.45) is -2.01. The van der Waals surface area contributed by atoms with E-state index in [9.17, 15) is 18.7 Å². The predicted octanol–water partition coefficient (Wildman–Crippen LogP) is 1.38. The molecular formula is C14H19F2NO3. The van der Waals surface area contributed by atoms with Crippen LogP contribution in [0.15, 0.2) is 30.3 Å². The van der Waals surface area contributed by atoms with Crippen molar-refractivity contribution in [1.82, 2.24) is 5.32 Å². The summed E-state index contributed by atoms with van der Waals surface area (Å²) < 4.78 is 28.2. The number of rotatable bonds is 9. The molecule has 1 aromatic carbocycles. The Kier molecular flexibility index (Phi) is 7.75. The Morgan fingerprint density at radius 3 is 2.60 bits per heavy atom. The lowest BCUT2D eigenvalue weighted by atomic mass is 10.1. The van der Waals surface area contributed by atoms with Gasteiger partial charge in [-0.1, -0.05) is 30.3 Å². The Balaban J connectivity index is 2.27. The fourth-order valence-corrected chi connectivity index (χ4v) is 1.70. The van der Waals surface area contributed by atoms with Gasteiger partial charge in [0.2, 0.25) is 5.91 Å². The first-order valence-corrected chi connectivity index (χ1v) is 6.42. The maximum absolute atomic E-state index is 11.8. The zero-order valence-corrected chi connectivity index (χ0v) is 11.1. The fourth-order valence-electron chi connectivity index (χ4n) is 1.70. The molecule has 0 spiro atoms. The molecule has 0 aliphatic heterocycles. The highest BCUT2D eigenvalue weighted by atomic mass is 19.3. The molecule has 0 unspecified atom stereocenters. The first kappa shape index (κ1) is 16.5. The molecule has 2 N–H and O–H groups in total. The summed E-state index contributed by atoms with van der Waals surface area (Å²) in [6.45, 7) is -0.904. The Bertz CT molecular complexity index is 387. The van der Waals surface area contributed by atoms with Gasteiger partial charge >= 0.3 is 0 Å². The minimum Gasteiger partial charge on any atom is -0.394 e. The Morgan fingerprint density at radius 2 is 2.00 bits per heavy atom. The molecular weight excluding hydrogens is 268 g/mol. The summed E-state index contributed by atoms with van der Waals surface area (Å²) in [4.78, 5) is 11.6. The van der Waals surface area contributed by atoms with E-state index in [1.807, 2.05) is 30.3 Å². The lowest BCUT2D eigenvalue weighted by molar-refractivity contribution is -0.123. The Morgan fingerprint density at radius 1 is 1.30 bits per heavy atom. The van der Waals surface area contributed by atoms with E-state index in [2.05, 4.69) is 10.1 Å². The van der Waals surface area contributed by atoms with E-state index in [1.54, 1.807) is 0 Å². The van der Waals surface area contributed by atoms with E-state index in [0.717, 1.165) is 5.56 Å². The maximum Gasteiger partial charge on any atom is 0.261 e. The molecule has 0 saturated heterocycles. The van der Waals surface area contributed by atoms with E-state index >= 15 is 0 Å². The van der Waals surface area contributed by atoms with Crippen LogP contribution in [0, 0.1) is 0 Å². The standard InChI is InChI=1S/C14H19F2NO3/c15-13(16)10-20-7-6-14(19)17-12(9-18)8-11-4-2-1-3-5-11/h1-5,12-13,18H,6-10H2,(H,17,19)/t12-/m0/s1. The van der Waals surface area contributed by atoms with Crippen molar-refractivity contribution in [2.75, 3.05) is 19.8 Å². The van der Waals surface area contributed by atoms with E-state index in [-0.39, 0.29) is 31.6 Å². The van der Waals surface area contributed by atoms with Crippen molar-refractivity contribution < 1.29 is 23.4 Å². The number of carbonyl (C=O) groups excluding carboxylic acids is 1. The second kappa shape index (κ2) is 9.39.